The second kappa shape index (κ2) is 6.61. The van der Waals surface area contributed by atoms with Gasteiger partial charge in [0.25, 0.3) is 0 Å². The SMILES string of the molecule is C[C@H](N)c1ccccc1OCCOCC(F)(F)F. The van der Waals surface area contributed by atoms with Gasteiger partial charge in [-0.1, -0.05) is 18.2 Å². The Bertz CT molecular complexity index is 367. The van der Waals surface area contributed by atoms with Gasteiger partial charge in [0.05, 0.1) is 6.61 Å². The smallest absolute Gasteiger partial charge is 0.411 e. The van der Waals surface area contributed by atoms with E-state index in [4.69, 9.17) is 10.5 Å². The van der Waals surface area contributed by atoms with E-state index < -0.39 is 12.8 Å². The molecule has 1 rings (SSSR count). The molecule has 0 saturated heterocycles. The van der Waals surface area contributed by atoms with Crippen molar-refractivity contribution in [1.29, 1.82) is 0 Å². The van der Waals surface area contributed by atoms with Gasteiger partial charge in [-0.3, -0.25) is 0 Å². The lowest BCUT2D eigenvalue weighted by Gasteiger charge is -2.14. The molecule has 102 valence electrons. The summed E-state index contributed by atoms with van der Waals surface area (Å²) in [5.74, 6) is 0.572. The van der Waals surface area contributed by atoms with Gasteiger partial charge in [-0.05, 0) is 13.0 Å². The summed E-state index contributed by atoms with van der Waals surface area (Å²) >= 11 is 0. The average Bonchev–Trinajstić information content (AvgIpc) is 2.27. The van der Waals surface area contributed by atoms with Crippen molar-refractivity contribution < 1.29 is 22.6 Å². The summed E-state index contributed by atoms with van der Waals surface area (Å²) in [6.07, 6.45) is -4.30. The lowest BCUT2D eigenvalue weighted by molar-refractivity contribution is -0.175. The number of halogens is 3. The van der Waals surface area contributed by atoms with Crippen LogP contribution in [0.3, 0.4) is 0 Å². The molecular formula is C12H16F3NO2. The number of hydrogen-bond donors (Lipinski definition) is 1. The average molecular weight is 263 g/mol. The Hall–Kier alpha value is -1.27. The summed E-state index contributed by atoms with van der Waals surface area (Å²) in [5.41, 5.74) is 6.56. The van der Waals surface area contributed by atoms with Crippen molar-refractivity contribution in [2.45, 2.75) is 19.1 Å². The van der Waals surface area contributed by atoms with Crippen LogP contribution in [0.5, 0.6) is 5.75 Å². The molecule has 2 N–H and O–H groups in total. The number of para-hydroxylation sites is 1. The number of ether oxygens (including phenoxy) is 2. The van der Waals surface area contributed by atoms with Crippen molar-refractivity contribution in [2.75, 3.05) is 19.8 Å². The Morgan fingerprint density at radius 2 is 1.89 bits per heavy atom. The van der Waals surface area contributed by atoms with Crippen molar-refractivity contribution in [2.24, 2.45) is 5.73 Å². The van der Waals surface area contributed by atoms with E-state index >= 15 is 0 Å². The molecule has 0 aliphatic rings. The minimum atomic E-state index is -4.30. The standard InChI is InChI=1S/C12H16F3NO2/c1-9(16)10-4-2-3-5-11(10)18-7-6-17-8-12(13,14)15/h2-5,9H,6-8,16H2,1H3/t9-/m0/s1. The second-order valence-electron chi connectivity index (χ2n) is 3.84. The van der Waals surface area contributed by atoms with E-state index in [-0.39, 0.29) is 19.3 Å². The number of benzene rings is 1. The third-order valence-electron chi connectivity index (χ3n) is 2.16. The van der Waals surface area contributed by atoms with Crippen LogP contribution >= 0.6 is 0 Å². The predicted molar refractivity (Wildman–Crippen MR) is 61.4 cm³/mol. The van der Waals surface area contributed by atoms with Gasteiger partial charge < -0.3 is 15.2 Å². The number of hydrogen-bond acceptors (Lipinski definition) is 3. The fourth-order valence-electron chi connectivity index (χ4n) is 1.39. The molecule has 0 spiro atoms. The van der Waals surface area contributed by atoms with E-state index in [1.807, 2.05) is 19.1 Å². The number of nitrogens with two attached hydrogens (primary N) is 1. The Labute approximate surface area is 104 Å². The van der Waals surface area contributed by atoms with Gasteiger partial charge in [0.1, 0.15) is 19.0 Å². The lowest BCUT2D eigenvalue weighted by Crippen LogP contribution is -2.19. The van der Waals surface area contributed by atoms with E-state index in [0.29, 0.717) is 5.75 Å². The van der Waals surface area contributed by atoms with Gasteiger partial charge in [-0.2, -0.15) is 13.2 Å². The van der Waals surface area contributed by atoms with Crippen LogP contribution in [0.1, 0.15) is 18.5 Å². The van der Waals surface area contributed by atoms with Crippen molar-refractivity contribution >= 4 is 0 Å². The van der Waals surface area contributed by atoms with Crippen molar-refractivity contribution in [3.05, 3.63) is 29.8 Å². The molecule has 0 aliphatic heterocycles. The monoisotopic (exact) mass is 263 g/mol. The highest BCUT2D eigenvalue weighted by atomic mass is 19.4. The Balaban J connectivity index is 2.36. The summed E-state index contributed by atoms with van der Waals surface area (Å²) < 4.78 is 45.2. The summed E-state index contributed by atoms with van der Waals surface area (Å²) in [6, 6.07) is 6.94. The third kappa shape index (κ3) is 5.37. The van der Waals surface area contributed by atoms with Crippen LogP contribution in [0.25, 0.3) is 0 Å². The zero-order chi connectivity index (χ0) is 13.6. The van der Waals surface area contributed by atoms with Crippen LogP contribution < -0.4 is 10.5 Å². The van der Waals surface area contributed by atoms with E-state index in [1.54, 1.807) is 12.1 Å². The first-order valence-corrected chi connectivity index (χ1v) is 5.52. The van der Waals surface area contributed by atoms with Gasteiger partial charge in [0.2, 0.25) is 0 Å². The molecule has 6 heteroatoms. The van der Waals surface area contributed by atoms with E-state index in [9.17, 15) is 13.2 Å². The first-order chi connectivity index (χ1) is 8.40. The highest BCUT2D eigenvalue weighted by Gasteiger charge is 2.27. The van der Waals surface area contributed by atoms with Crippen molar-refractivity contribution in [3.63, 3.8) is 0 Å². The first kappa shape index (κ1) is 14.8. The van der Waals surface area contributed by atoms with Crippen LogP contribution in [-0.4, -0.2) is 26.0 Å². The largest absolute Gasteiger partial charge is 0.491 e. The fourth-order valence-corrected chi connectivity index (χ4v) is 1.39. The summed E-state index contributed by atoms with van der Waals surface area (Å²) in [5, 5.41) is 0. The second-order valence-corrected chi connectivity index (χ2v) is 3.84. The molecule has 1 aromatic carbocycles. The van der Waals surface area contributed by atoms with Gasteiger partial charge in [0.15, 0.2) is 0 Å². The van der Waals surface area contributed by atoms with Crippen LogP contribution in [0.2, 0.25) is 0 Å². The van der Waals surface area contributed by atoms with Crippen LogP contribution in [-0.2, 0) is 4.74 Å². The topological polar surface area (TPSA) is 44.5 Å². The van der Waals surface area contributed by atoms with Gasteiger partial charge in [-0.15, -0.1) is 0 Å². The van der Waals surface area contributed by atoms with E-state index in [1.165, 1.54) is 0 Å². The highest BCUT2D eigenvalue weighted by Crippen LogP contribution is 2.23. The molecule has 1 atom stereocenters. The minimum absolute atomic E-state index is 0.0554. The highest BCUT2D eigenvalue weighted by molar-refractivity contribution is 5.35. The lowest BCUT2D eigenvalue weighted by atomic mass is 10.1. The molecule has 1 aromatic rings. The van der Waals surface area contributed by atoms with Gasteiger partial charge in [0, 0.05) is 11.6 Å². The zero-order valence-corrected chi connectivity index (χ0v) is 10.0. The normalized spacial score (nSPS) is 13.4. The molecule has 0 aromatic heterocycles. The quantitative estimate of drug-likeness (QED) is 0.802. The molecule has 0 saturated carbocycles. The molecule has 0 bridgehead atoms. The van der Waals surface area contributed by atoms with Gasteiger partial charge in [-0.25, -0.2) is 0 Å². The molecule has 0 fully saturated rings. The van der Waals surface area contributed by atoms with E-state index in [2.05, 4.69) is 4.74 Å². The molecule has 0 heterocycles. The zero-order valence-electron chi connectivity index (χ0n) is 10.0. The van der Waals surface area contributed by atoms with Crippen LogP contribution in [0.15, 0.2) is 24.3 Å². The molecule has 0 amide bonds. The predicted octanol–water partition coefficient (Wildman–Crippen LogP) is 2.66. The van der Waals surface area contributed by atoms with Crippen LogP contribution in [0, 0.1) is 0 Å². The first-order valence-electron chi connectivity index (χ1n) is 5.52. The maximum atomic E-state index is 11.8. The Morgan fingerprint density at radius 1 is 1.22 bits per heavy atom. The van der Waals surface area contributed by atoms with E-state index in [0.717, 1.165) is 5.56 Å². The molecule has 0 radical (unpaired) electrons. The fraction of sp³-hybridized carbons (Fsp3) is 0.500. The minimum Gasteiger partial charge on any atom is -0.491 e. The van der Waals surface area contributed by atoms with Crippen LogP contribution in [0.4, 0.5) is 13.2 Å². The molecule has 0 aliphatic carbocycles. The Morgan fingerprint density at radius 3 is 2.50 bits per heavy atom. The maximum Gasteiger partial charge on any atom is 0.411 e. The van der Waals surface area contributed by atoms with Crippen molar-refractivity contribution in [3.8, 4) is 5.75 Å². The summed E-state index contributed by atoms with van der Waals surface area (Å²) in [4.78, 5) is 0. The van der Waals surface area contributed by atoms with Gasteiger partial charge >= 0.3 is 6.18 Å². The molecule has 0 unspecified atom stereocenters. The summed E-state index contributed by atoms with van der Waals surface area (Å²) in [7, 11) is 0. The number of rotatable bonds is 6. The van der Waals surface area contributed by atoms with Crippen molar-refractivity contribution in [1.82, 2.24) is 0 Å². The number of alkyl halides is 3. The molecule has 18 heavy (non-hydrogen) atoms. The molecular weight excluding hydrogens is 247 g/mol. The summed E-state index contributed by atoms with van der Waals surface area (Å²) in [6.45, 7) is 0.486. The third-order valence-corrected chi connectivity index (χ3v) is 2.16. The molecule has 3 nitrogen and oxygen atoms in total. The Kier molecular flexibility index (Phi) is 5.43. The maximum absolute atomic E-state index is 11.8.